The molecule has 1 aromatic carbocycles. The van der Waals surface area contributed by atoms with Gasteiger partial charge >= 0.3 is 0 Å². The van der Waals surface area contributed by atoms with Crippen molar-refractivity contribution >= 4 is 17.5 Å². The van der Waals surface area contributed by atoms with Gasteiger partial charge in [0.2, 0.25) is 0 Å². The van der Waals surface area contributed by atoms with Crippen LogP contribution in [-0.2, 0) is 0 Å². The second-order valence-electron chi connectivity index (χ2n) is 4.12. The second-order valence-corrected chi connectivity index (χ2v) is 4.74. The molecule has 1 heterocycles. The van der Waals surface area contributed by atoms with Gasteiger partial charge in [-0.2, -0.15) is 0 Å². The molecule has 1 fully saturated rings. The predicted molar refractivity (Wildman–Crippen MR) is 61.3 cm³/mol. The number of carbonyl (C=O) groups excluding carboxylic acids is 1. The van der Waals surface area contributed by atoms with Gasteiger partial charge in [0.05, 0.1) is 10.9 Å². The number of hydrogen-bond donors (Lipinski definition) is 0. The first kappa shape index (κ1) is 11.4. The Morgan fingerprint density at radius 1 is 1.56 bits per heavy atom. The van der Waals surface area contributed by atoms with Crippen LogP contribution in [0, 0.1) is 12.7 Å². The molecule has 0 radical (unpaired) electrons. The standard InChI is InChI=1S/C12H13ClFNO/c1-8-2-3-10(11(14)6-8)12(16)15-5-4-9(13)7-15/h2-3,6,9H,4-5,7H2,1H3. The minimum atomic E-state index is -0.456. The summed E-state index contributed by atoms with van der Waals surface area (Å²) >= 11 is 5.92. The second kappa shape index (κ2) is 4.42. The summed E-state index contributed by atoms with van der Waals surface area (Å²) < 4.78 is 13.6. The van der Waals surface area contributed by atoms with Crippen molar-refractivity contribution in [3.8, 4) is 0 Å². The Bertz CT molecular complexity index is 421. The third-order valence-corrected chi connectivity index (χ3v) is 3.13. The van der Waals surface area contributed by atoms with Gasteiger partial charge in [-0.1, -0.05) is 6.07 Å². The minimum Gasteiger partial charge on any atom is -0.337 e. The SMILES string of the molecule is Cc1ccc(C(=O)N2CCC(Cl)C2)c(F)c1. The minimum absolute atomic E-state index is 0.00235. The number of rotatable bonds is 1. The molecular formula is C12H13ClFNO. The highest BCUT2D eigenvalue weighted by Gasteiger charge is 2.26. The van der Waals surface area contributed by atoms with Gasteiger partial charge in [0.1, 0.15) is 5.82 Å². The van der Waals surface area contributed by atoms with Crippen LogP contribution in [-0.4, -0.2) is 29.3 Å². The summed E-state index contributed by atoms with van der Waals surface area (Å²) in [4.78, 5) is 13.6. The van der Waals surface area contributed by atoms with Crippen LogP contribution in [0.1, 0.15) is 22.3 Å². The van der Waals surface area contributed by atoms with Crippen LogP contribution >= 0.6 is 11.6 Å². The largest absolute Gasteiger partial charge is 0.337 e. The molecule has 0 aromatic heterocycles. The van der Waals surface area contributed by atoms with E-state index in [0.29, 0.717) is 13.1 Å². The van der Waals surface area contributed by atoms with Crippen molar-refractivity contribution in [3.63, 3.8) is 0 Å². The van der Waals surface area contributed by atoms with Gasteiger partial charge in [0, 0.05) is 13.1 Å². The topological polar surface area (TPSA) is 20.3 Å². The summed E-state index contributed by atoms with van der Waals surface area (Å²) in [6, 6.07) is 4.65. The van der Waals surface area contributed by atoms with Crippen LogP contribution in [0.3, 0.4) is 0 Å². The molecule has 0 N–H and O–H groups in total. The van der Waals surface area contributed by atoms with Gasteiger partial charge in [-0.25, -0.2) is 4.39 Å². The molecule has 2 rings (SSSR count). The normalized spacial score (nSPS) is 20.2. The first-order chi connectivity index (χ1) is 7.58. The monoisotopic (exact) mass is 241 g/mol. The van der Waals surface area contributed by atoms with E-state index >= 15 is 0 Å². The Labute approximate surface area is 99.0 Å². The predicted octanol–water partition coefficient (Wildman–Crippen LogP) is 2.59. The molecule has 86 valence electrons. The molecule has 1 unspecified atom stereocenters. The van der Waals surface area contributed by atoms with E-state index in [0.717, 1.165) is 12.0 Å². The highest BCUT2D eigenvalue weighted by molar-refractivity contribution is 6.21. The van der Waals surface area contributed by atoms with Gasteiger partial charge in [0.25, 0.3) is 5.91 Å². The number of aryl methyl sites for hydroxylation is 1. The van der Waals surface area contributed by atoms with Crippen LogP contribution < -0.4 is 0 Å². The average Bonchev–Trinajstić information content (AvgIpc) is 2.64. The van der Waals surface area contributed by atoms with Gasteiger partial charge in [0.15, 0.2) is 0 Å². The summed E-state index contributed by atoms with van der Waals surface area (Å²) in [6.45, 7) is 2.91. The van der Waals surface area contributed by atoms with Crippen molar-refractivity contribution in [1.29, 1.82) is 0 Å². The lowest BCUT2D eigenvalue weighted by atomic mass is 10.1. The zero-order valence-corrected chi connectivity index (χ0v) is 9.80. The van der Waals surface area contributed by atoms with E-state index in [4.69, 9.17) is 11.6 Å². The summed E-state index contributed by atoms with van der Waals surface area (Å²) in [6.07, 6.45) is 0.779. The van der Waals surface area contributed by atoms with Gasteiger partial charge in [-0.05, 0) is 31.0 Å². The highest BCUT2D eigenvalue weighted by atomic mass is 35.5. The Balaban J connectivity index is 2.21. The molecule has 2 nitrogen and oxygen atoms in total. The molecule has 0 bridgehead atoms. The van der Waals surface area contributed by atoms with E-state index in [9.17, 15) is 9.18 Å². The van der Waals surface area contributed by atoms with Crippen molar-refractivity contribution < 1.29 is 9.18 Å². The molecule has 0 aliphatic carbocycles. The van der Waals surface area contributed by atoms with Crippen molar-refractivity contribution in [2.24, 2.45) is 0 Å². The van der Waals surface area contributed by atoms with Crippen molar-refractivity contribution in [2.45, 2.75) is 18.7 Å². The van der Waals surface area contributed by atoms with Gasteiger partial charge in [-0.3, -0.25) is 4.79 Å². The van der Waals surface area contributed by atoms with Crippen molar-refractivity contribution in [3.05, 3.63) is 35.1 Å². The molecule has 1 aromatic rings. The van der Waals surface area contributed by atoms with E-state index in [2.05, 4.69) is 0 Å². The first-order valence-corrected chi connectivity index (χ1v) is 5.71. The zero-order chi connectivity index (χ0) is 11.7. The maximum atomic E-state index is 13.6. The first-order valence-electron chi connectivity index (χ1n) is 5.27. The molecule has 0 spiro atoms. The van der Waals surface area contributed by atoms with Crippen molar-refractivity contribution in [2.75, 3.05) is 13.1 Å². The van der Waals surface area contributed by atoms with Gasteiger partial charge in [-0.15, -0.1) is 11.6 Å². The fourth-order valence-electron chi connectivity index (χ4n) is 1.87. The summed E-state index contributed by atoms with van der Waals surface area (Å²) in [7, 11) is 0. The molecule has 1 aliphatic rings. The van der Waals surface area contributed by atoms with E-state index < -0.39 is 5.82 Å². The Kier molecular flexibility index (Phi) is 3.15. The fraction of sp³-hybridized carbons (Fsp3) is 0.417. The highest BCUT2D eigenvalue weighted by Crippen LogP contribution is 2.19. The molecule has 1 amide bonds. The van der Waals surface area contributed by atoms with Crippen LogP contribution in [0.5, 0.6) is 0 Å². The number of benzene rings is 1. The number of nitrogens with zero attached hydrogens (tertiary/aromatic N) is 1. The van der Waals surface area contributed by atoms with E-state index in [1.54, 1.807) is 17.9 Å². The Morgan fingerprint density at radius 3 is 2.88 bits per heavy atom. The van der Waals surface area contributed by atoms with E-state index in [1.807, 2.05) is 0 Å². The number of amides is 1. The fourth-order valence-corrected chi connectivity index (χ4v) is 2.13. The maximum Gasteiger partial charge on any atom is 0.256 e. The molecule has 1 saturated heterocycles. The van der Waals surface area contributed by atoms with Crippen LogP contribution in [0.4, 0.5) is 4.39 Å². The van der Waals surface area contributed by atoms with Crippen molar-refractivity contribution in [1.82, 2.24) is 4.90 Å². The molecule has 1 atom stereocenters. The molecule has 16 heavy (non-hydrogen) atoms. The Morgan fingerprint density at radius 2 is 2.31 bits per heavy atom. The third-order valence-electron chi connectivity index (χ3n) is 2.77. The lowest BCUT2D eigenvalue weighted by Crippen LogP contribution is -2.29. The third kappa shape index (κ3) is 2.19. The maximum absolute atomic E-state index is 13.6. The van der Waals surface area contributed by atoms with Gasteiger partial charge < -0.3 is 4.90 Å². The summed E-state index contributed by atoms with van der Waals surface area (Å²) in [5.41, 5.74) is 0.946. The average molecular weight is 242 g/mol. The molecule has 1 aliphatic heterocycles. The van der Waals surface area contributed by atoms with Crippen LogP contribution in [0.15, 0.2) is 18.2 Å². The smallest absolute Gasteiger partial charge is 0.256 e. The molecule has 0 saturated carbocycles. The van der Waals surface area contributed by atoms with E-state index in [-0.39, 0.29) is 16.8 Å². The van der Waals surface area contributed by atoms with Crippen LogP contribution in [0.2, 0.25) is 0 Å². The molecule has 4 heteroatoms. The lowest BCUT2D eigenvalue weighted by molar-refractivity contribution is 0.0788. The molecular weight excluding hydrogens is 229 g/mol. The summed E-state index contributed by atoms with van der Waals surface area (Å²) in [5.74, 6) is -0.719. The van der Waals surface area contributed by atoms with E-state index in [1.165, 1.54) is 12.1 Å². The number of likely N-dealkylation sites (tertiary alicyclic amines) is 1. The number of hydrogen-bond acceptors (Lipinski definition) is 1. The zero-order valence-electron chi connectivity index (χ0n) is 9.04. The lowest BCUT2D eigenvalue weighted by Gasteiger charge is -2.15. The number of carbonyl (C=O) groups is 1. The Hall–Kier alpha value is -1.09. The number of alkyl halides is 1. The quantitative estimate of drug-likeness (QED) is 0.692. The van der Waals surface area contributed by atoms with Crippen LogP contribution in [0.25, 0.3) is 0 Å². The number of halogens is 2. The summed E-state index contributed by atoms with van der Waals surface area (Å²) in [5, 5.41) is -0.00235.